The van der Waals surface area contributed by atoms with Crippen molar-refractivity contribution in [1.82, 2.24) is 24.5 Å². The van der Waals surface area contributed by atoms with Crippen LogP contribution >= 0.6 is 0 Å². The summed E-state index contributed by atoms with van der Waals surface area (Å²) in [5.41, 5.74) is -0.246. The van der Waals surface area contributed by atoms with Crippen molar-refractivity contribution < 1.29 is 71.7 Å². The third-order valence-corrected chi connectivity index (χ3v) is 9.00. The van der Waals surface area contributed by atoms with Gasteiger partial charge in [-0.05, 0) is 38.5 Å². The molecule has 2 aliphatic heterocycles. The number of hydrogen-bond donors (Lipinski definition) is 1. The van der Waals surface area contributed by atoms with E-state index in [0.717, 1.165) is 32.4 Å². The molecule has 0 amide bonds. The van der Waals surface area contributed by atoms with Crippen molar-refractivity contribution in [2.75, 3.05) is 27.4 Å². The molecule has 21 heteroatoms. The molecule has 6 atom stereocenters. The molecule has 0 bridgehead atoms. The average molecular weight is 814 g/mol. The first kappa shape index (κ1) is 42.6. The number of aryl methyl sites for hydroxylation is 1. The lowest BCUT2D eigenvalue weighted by atomic mass is 9.83. The molecular weight excluding hydrogens is 770 g/mol. The van der Waals surface area contributed by atoms with Crippen LogP contribution in [0.4, 0.5) is 0 Å². The molecule has 1 unspecified atom stereocenters. The molecule has 2 aromatic heterocycles. The first-order valence-electron chi connectivity index (χ1n) is 17.8. The molecular formula is C37H43N5O16. The Kier molecular flexibility index (Phi) is 13.0. The van der Waals surface area contributed by atoms with Gasteiger partial charge in [-0.15, -0.1) is 5.10 Å². The number of methoxy groups -OCH3 is 2. The molecule has 5 rings (SSSR count). The molecule has 4 heterocycles. The highest BCUT2D eigenvalue weighted by molar-refractivity contribution is 5.92. The predicted molar refractivity (Wildman–Crippen MR) is 193 cm³/mol. The Labute approximate surface area is 330 Å². The summed E-state index contributed by atoms with van der Waals surface area (Å²) in [6, 6.07) is 2.90. The standard InChI is InChI=1S/C37H43N5O16/c1-10-52-37(49)27-16(2)54-34-29(28(27)22-11-24(50-8)30(47)25(12-22)51-9)35(48)41(17(3)38-34)13-23-14-42(40-39-23)36-33(57-21(7)46)32(56-20(6)45)31(55-19(5)44)26(58-36)15-53-18(4)43/h11-12,14,26,28,31-33,36,47H,10,13,15H2,1-9H3/t26-,28?,31-,32+,33-,36-/m1/s1. The monoisotopic (exact) mass is 813 g/mol. The Bertz CT molecular complexity index is 2170. The van der Waals surface area contributed by atoms with E-state index in [1.54, 1.807) is 13.8 Å². The van der Waals surface area contributed by atoms with E-state index < -0.39 is 78.6 Å². The molecule has 1 saturated heterocycles. The van der Waals surface area contributed by atoms with Gasteiger partial charge >= 0.3 is 29.8 Å². The molecule has 58 heavy (non-hydrogen) atoms. The molecule has 312 valence electrons. The predicted octanol–water partition coefficient (Wildman–Crippen LogP) is 1.53. The maximum Gasteiger partial charge on any atom is 0.338 e. The van der Waals surface area contributed by atoms with Crippen molar-refractivity contribution in [3.63, 3.8) is 0 Å². The highest BCUT2D eigenvalue weighted by Gasteiger charge is 2.53. The van der Waals surface area contributed by atoms with Crippen LogP contribution in [0.25, 0.3) is 0 Å². The van der Waals surface area contributed by atoms with Crippen molar-refractivity contribution in [1.29, 1.82) is 0 Å². The van der Waals surface area contributed by atoms with Crippen LogP contribution in [-0.2, 0) is 58.9 Å². The zero-order valence-electron chi connectivity index (χ0n) is 33.1. The number of fused-ring (bicyclic) bond motifs is 1. The number of phenolic OH excluding ortho intramolecular Hbond substituents is 1. The van der Waals surface area contributed by atoms with Crippen LogP contribution in [0.1, 0.15) is 76.3 Å². The molecule has 21 nitrogen and oxygen atoms in total. The summed E-state index contributed by atoms with van der Waals surface area (Å²) in [5.74, 6) is -5.11. The van der Waals surface area contributed by atoms with Gasteiger partial charge in [-0.1, -0.05) is 5.21 Å². The number of ether oxygens (including phenoxy) is 9. The van der Waals surface area contributed by atoms with Crippen molar-refractivity contribution in [3.05, 3.63) is 62.7 Å². The highest BCUT2D eigenvalue weighted by Crippen LogP contribution is 2.46. The minimum atomic E-state index is -1.47. The summed E-state index contributed by atoms with van der Waals surface area (Å²) in [6.07, 6.45) is -5.63. The van der Waals surface area contributed by atoms with Gasteiger partial charge in [0.2, 0.25) is 11.6 Å². The first-order chi connectivity index (χ1) is 27.5. The Morgan fingerprint density at radius 1 is 0.862 bits per heavy atom. The van der Waals surface area contributed by atoms with Gasteiger partial charge in [-0.25, -0.2) is 9.48 Å². The van der Waals surface area contributed by atoms with E-state index in [1.165, 1.54) is 44.0 Å². The van der Waals surface area contributed by atoms with Crippen molar-refractivity contribution in [2.24, 2.45) is 0 Å². The van der Waals surface area contributed by atoms with Gasteiger partial charge in [0.05, 0.1) is 50.6 Å². The number of phenols is 1. The van der Waals surface area contributed by atoms with E-state index in [9.17, 15) is 33.9 Å². The second kappa shape index (κ2) is 17.7. The number of benzene rings is 1. The van der Waals surface area contributed by atoms with E-state index in [4.69, 9.17) is 42.6 Å². The van der Waals surface area contributed by atoms with Gasteiger partial charge in [-0.2, -0.15) is 4.98 Å². The number of allylic oxidation sites excluding steroid dienone is 1. The maximum absolute atomic E-state index is 14.6. The van der Waals surface area contributed by atoms with Crippen LogP contribution in [-0.4, -0.2) is 111 Å². The quantitative estimate of drug-likeness (QED) is 0.190. The average Bonchev–Trinajstić information content (AvgIpc) is 3.61. The van der Waals surface area contributed by atoms with Crippen molar-refractivity contribution in [3.8, 4) is 23.1 Å². The third-order valence-electron chi connectivity index (χ3n) is 9.00. The van der Waals surface area contributed by atoms with Gasteiger partial charge < -0.3 is 47.7 Å². The zero-order valence-corrected chi connectivity index (χ0v) is 33.1. The SMILES string of the molecule is CCOC(=O)C1=C(C)Oc2nc(C)n(Cc3cn([C@@H]4O[C@H](COC(C)=O)[C@@H](OC(C)=O)[C@H](OC(C)=O)[C@H]4OC(C)=O)nn3)c(=O)c2C1c1cc(OC)c(O)c(OC)c1. The molecule has 0 spiro atoms. The molecule has 0 saturated carbocycles. The molecule has 0 aliphatic carbocycles. The minimum Gasteiger partial charge on any atom is -0.502 e. The summed E-state index contributed by atoms with van der Waals surface area (Å²) < 4.78 is 52.3. The van der Waals surface area contributed by atoms with E-state index in [1.807, 2.05) is 0 Å². The van der Waals surface area contributed by atoms with Crippen LogP contribution in [0.15, 0.2) is 34.5 Å². The summed E-state index contributed by atoms with van der Waals surface area (Å²) in [5, 5.41) is 19.0. The topological polar surface area (TPSA) is 254 Å². The van der Waals surface area contributed by atoms with Crippen LogP contribution in [0.2, 0.25) is 0 Å². The number of hydrogen-bond acceptors (Lipinski definition) is 19. The molecule has 2 aliphatic rings. The second-order valence-corrected chi connectivity index (χ2v) is 13.0. The lowest BCUT2D eigenvalue weighted by Gasteiger charge is -2.44. The smallest absolute Gasteiger partial charge is 0.338 e. The number of aromatic nitrogens is 5. The van der Waals surface area contributed by atoms with Gasteiger partial charge in [0.15, 0.2) is 36.0 Å². The molecule has 1 fully saturated rings. The van der Waals surface area contributed by atoms with Gasteiger partial charge in [0.25, 0.3) is 5.56 Å². The van der Waals surface area contributed by atoms with Crippen molar-refractivity contribution in [2.45, 2.75) is 91.6 Å². The summed E-state index contributed by atoms with van der Waals surface area (Å²) in [6.45, 7) is 8.45. The van der Waals surface area contributed by atoms with Crippen LogP contribution in [0.3, 0.4) is 0 Å². The number of rotatable bonds is 13. The molecule has 1 aromatic carbocycles. The van der Waals surface area contributed by atoms with Gasteiger partial charge in [0.1, 0.15) is 30.0 Å². The Morgan fingerprint density at radius 3 is 2.03 bits per heavy atom. The Balaban J connectivity index is 1.60. The minimum absolute atomic E-state index is 0.00228. The Hall–Kier alpha value is -6.51. The molecule has 0 radical (unpaired) electrons. The number of aromatic hydroxyl groups is 1. The van der Waals surface area contributed by atoms with E-state index in [2.05, 4.69) is 15.3 Å². The summed E-state index contributed by atoms with van der Waals surface area (Å²) >= 11 is 0. The van der Waals surface area contributed by atoms with E-state index >= 15 is 0 Å². The zero-order chi connectivity index (χ0) is 42.6. The number of nitrogens with zero attached hydrogens (tertiary/aromatic N) is 5. The van der Waals surface area contributed by atoms with Gasteiger partial charge in [-0.3, -0.25) is 28.5 Å². The van der Waals surface area contributed by atoms with E-state index in [-0.39, 0.29) is 64.7 Å². The van der Waals surface area contributed by atoms with Crippen LogP contribution in [0, 0.1) is 6.92 Å². The molecule has 1 N–H and O–H groups in total. The second-order valence-electron chi connectivity index (χ2n) is 13.0. The highest BCUT2D eigenvalue weighted by atomic mass is 16.7. The van der Waals surface area contributed by atoms with Crippen LogP contribution in [0.5, 0.6) is 23.1 Å². The van der Waals surface area contributed by atoms with E-state index in [0.29, 0.717) is 5.56 Å². The van der Waals surface area contributed by atoms with Crippen LogP contribution < -0.4 is 19.8 Å². The lowest BCUT2D eigenvalue weighted by molar-refractivity contribution is -0.270. The normalized spacial score (nSPS) is 21.2. The number of carbonyl (C=O) groups is 5. The fourth-order valence-electron chi connectivity index (χ4n) is 6.68. The lowest BCUT2D eigenvalue weighted by Crippen LogP contribution is -2.60. The number of carbonyl (C=O) groups excluding carboxylic acids is 5. The first-order valence-corrected chi connectivity index (χ1v) is 17.8. The fourth-order valence-corrected chi connectivity index (χ4v) is 6.68. The largest absolute Gasteiger partial charge is 0.502 e. The van der Waals surface area contributed by atoms with Gasteiger partial charge in [0, 0.05) is 27.7 Å². The number of esters is 5. The fraction of sp³-hybridized carbons (Fsp3) is 0.486. The van der Waals surface area contributed by atoms with Crippen molar-refractivity contribution >= 4 is 29.8 Å². The third kappa shape index (κ3) is 8.88. The summed E-state index contributed by atoms with van der Waals surface area (Å²) in [4.78, 5) is 81.3. The Morgan fingerprint density at radius 2 is 1.47 bits per heavy atom. The maximum atomic E-state index is 14.6. The molecule has 3 aromatic rings. The summed E-state index contributed by atoms with van der Waals surface area (Å²) in [7, 11) is 2.66.